The van der Waals surface area contributed by atoms with E-state index in [9.17, 15) is 4.79 Å². The highest BCUT2D eigenvalue weighted by Gasteiger charge is 2.28. The Balaban J connectivity index is 1.32. The molecule has 0 spiro atoms. The maximum atomic E-state index is 13.2. The molecule has 4 heterocycles. The number of rotatable bonds is 5. The van der Waals surface area contributed by atoms with Crippen molar-refractivity contribution in [2.75, 3.05) is 6.54 Å². The third-order valence-electron chi connectivity index (χ3n) is 5.15. The number of aromatic nitrogens is 6. The summed E-state index contributed by atoms with van der Waals surface area (Å²) in [6, 6.07) is 11.2. The van der Waals surface area contributed by atoms with Gasteiger partial charge < -0.3 is 9.32 Å². The van der Waals surface area contributed by atoms with Gasteiger partial charge >= 0.3 is 0 Å². The zero-order valence-corrected chi connectivity index (χ0v) is 16.2. The normalized spacial score (nSPS) is 13.3. The molecule has 0 saturated heterocycles. The van der Waals surface area contributed by atoms with Crippen molar-refractivity contribution >= 4 is 5.91 Å². The number of benzene rings is 1. The number of carbonyl (C=O) groups excluding carboxylic acids is 1. The van der Waals surface area contributed by atoms with Gasteiger partial charge in [0, 0.05) is 37.3 Å². The summed E-state index contributed by atoms with van der Waals surface area (Å²) in [4.78, 5) is 23.8. The smallest absolute Gasteiger partial charge is 0.254 e. The average molecular weight is 401 g/mol. The van der Waals surface area contributed by atoms with Crippen LogP contribution in [0.2, 0.25) is 0 Å². The molecular formula is C21H19N7O2. The number of pyridine rings is 1. The topological polar surface area (TPSA) is 114 Å². The van der Waals surface area contributed by atoms with Crippen LogP contribution < -0.4 is 0 Å². The number of hydrogen-bond donors (Lipinski definition) is 1. The number of oxazole rings is 1. The van der Waals surface area contributed by atoms with E-state index in [0.717, 1.165) is 23.4 Å². The molecule has 30 heavy (non-hydrogen) atoms. The number of hydrogen-bond acceptors (Lipinski definition) is 7. The van der Waals surface area contributed by atoms with Crippen molar-refractivity contribution in [3.05, 3.63) is 77.3 Å². The van der Waals surface area contributed by atoms with Crippen molar-refractivity contribution in [3.63, 3.8) is 0 Å². The minimum Gasteiger partial charge on any atom is -0.445 e. The first-order valence-electron chi connectivity index (χ1n) is 9.76. The zero-order chi connectivity index (χ0) is 20.3. The highest BCUT2D eigenvalue weighted by Crippen LogP contribution is 2.25. The number of H-pyrrole nitrogens is 1. The molecule has 5 rings (SSSR count). The van der Waals surface area contributed by atoms with Gasteiger partial charge in [-0.25, -0.2) is 4.98 Å². The Kier molecular flexibility index (Phi) is 4.76. The van der Waals surface area contributed by atoms with Crippen molar-refractivity contribution in [3.8, 4) is 11.4 Å². The van der Waals surface area contributed by atoms with Gasteiger partial charge in [0.05, 0.1) is 12.1 Å². The van der Waals surface area contributed by atoms with Crippen LogP contribution in [0.1, 0.15) is 33.3 Å². The number of nitrogens with one attached hydrogen (secondary N) is 1. The lowest BCUT2D eigenvalue weighted by Crippen LogP contribution is -2.36. The molecule has 1 aliphatic rings. The molecule has 0 fully saturated rings. The van der Waals surface area contributed by atoms with Crippen molar-refractivity contribution in [2.45, 2.75) is 25.8 Å². The van der Waals surface area contributed by atoms with E-state index in [1.54, 1.807) is 17.2 Å². The van der Waals surface area contributed by atoms with Crippen molar-refractivity contribution in [1.29, 1.82) is 0 Å². The fourth-order valence-electron chi connectivity index (χ4n) is 3.64. The second-order valence-corrected chi connectivity index (χ2v) is 7.10. The Hall–Kier alpha value is -3.88. The molecule has 1 amide bonds. The number of tetrazole rings is 1. The Labute approximate surface area is 172 Å². The molecule has 1 aromatic carbocycles. The molecular weight excluding hydrogens is 382 g/mol. The Morgan fingerprint density at radius 2 is 2.10 bits per heavy atom. The fraction of sp³-hybridized carbons (Fsp3) is 0.238. The Morgan fingerprint density at radius 1 is 1.17 bits per heavy atom. The van der Waals surface area contributed by atoms with E-state index in [1.165, 1.54) is 0 Å². The van der Waals surface area contributed by atoms with Gasteiger partial charge in [0.2, 0.25) is 5.82 Å². The fourth-order valence-corrected chi connectivity index (χ4v) is 3.64. The van der Waals surface area contributed by atoms with E-state index in [0.29, 0.717) is 48.8 Å². The molecule has 1 aliphatic heterocycles. The molecule has 0 saturated carbocycles. The lowest BCUT2D eigenvalue weighted by Gasteiger charge is -2.26. The van der Waals surface area contributed by atoms with Gasteiger partial charge in [-0.05, 0) is 29.3 Å². The number of amides is 1. The molecule has 9 heteroatoms. The predicted octanol–water partition coefficient (Wildman–Crippen LogP) is 2.23. The summed E-state index contributed by atoms with van der Waals surface area (Å²) in [5.74, 6) is 1.88. The SMILES string of the molecule is O=C(c1ccccc1-c1nn[nH]n1)N1CCc2oc(CCc3cccnc3)nc2C1. The third kappa shape index (κ3) is 3.57. The van der Waals surface area contributed by atoms with Gasteiger partial charge in [-0.1, -0.05) is 24.3 Å². The number of carbonyl (C=O) groups is 1. The molecule has 0 unspecified atom stereocenters. The predicted molar refractivity (Wildman–Crippen MR) is 106 cm³/mol. The summed E-state index contributed by atoms with van der Waals surface area (Å²) in [6.45, 7) is 0.995. The minimum absolute atomic E-state index is 0.0824. The van der Waals surface area contributed by atoms with E-state index in [-0.39, 0.29) is 5.91 Å². The van der Waals surface area contributed by atoms with E-state index < -0.39 is 0 Å². The molecule has 3 aromatic heterocycles. The highest BCUT2D eigenvalue weighted by atomic mass is 16.4. The first kappa shape index (κ1) is 18.2. The molecule has 0 aliphatic carbocycles. The Morgan fingerprint density at radius 3 is 2.93 bits per heavy atom. The Bertz CT molecular complexity index is 1160. The summed E-state index contributed by atoms with van der Waals surface area (Å²) in [5, 5.41) is 14.0. The summed E-state index contributed by atoms with van der Waals surface area (Å²) >= 11 is 0. The molecule has 4 aromatic rings. The maximum absolute atomic E-state index is 13.2. The summed E-state index contributed by atoms with van der Waals surface area (Å²) in [6.07, 6.45) is 5.77. The van der Waals surface area contributed by atoms with E-state index in [2.05, 4.69) is 30.6 Å². The lowest BCUT2D eigenvalue weighted by atomic mass is 10.0. The quantitative estimate of drug-likeness (QED) is 0.545. The van der Waals surface area contributed by atoms with Gasteiger partial charge in [-0.15, -0.1) is 10.2 Å². The van der Waals surface area contributed by atoms with Crippen LogP contribution in [-0.4, -0.2) is 47.9 Å². The number of nitrogens with zero attached hydrogens (tertiary/aromatic N) is 6. The van der Waals surface area contributed by atoms with Gasteiger partial charge in [-0.2, -0.15) is 5.21 Å². The molecule has 0 bridgehead atoms. The van der Waals surface area contributed by atoms with E-state index in [1.807, 2.05) is 36.5 Å². The second-order valence-electron chi connectivity index (χ2n) is 7.10. The van der Waals surface area contributed by atoms with Crippen molar-refractivity contribution in [2.24, 2.45) is 0 Å². The first-order valence-corrected chi connectivity index (χ1v) is 9.76. The second kappa shape index (κ2) is 7.86. The maximum Gasteiger partial charge on any atom is 0.254 e. The number of aryl methyl sites for hydroxylation is 2. The van der Waals surface area contributed by atoms with Gasteiger partial charge in [-0.3, -0.25) is 9.78 Å². The number of fused-ring (bicyclic) bond motifs is 1. The monoisotopic (exact) mass is 401 g/mol. The first-order chi connectivity index (χ1) is 14.8. The van der Waals surface area contributed by atoms with E-state index >= 15 is 0 Å². The van der Waals surface area contributed by atoms with Crippen LogP contribution in [0, 0.1) is 0 Å². The molecule has 1 N–H and O–H groups in total. The average Bonchev–Trinajstić information content (AvgIpc) is 3.47. The molecule has 0 radical (unpaired) electrons. The summed E-state index contributed by atoms with van der Waals surface area (Å²) < 4.78 is 5.94. The highest BCUT2D eigenvalue weighted by molar-refractivity contribution is 6.00. The van der Waals surface area contributed by atoms with Gasteiger partial charge in [0.1, 0.15) is 11.5 Å². The van der Waals surface area contributed by atoms with Crippen LogP contribution in [0.5, 0.6) is 0 Å². The number of aromatic amines is 1. The van der Waals surface area contributed by atoms with Crippen LogP contribution >= 0.6 is 0 Å². The van der Waals surface area contributed by atoms with Crippen LogP contribution in [0.4, 0.5) is 0 Å². The van der Waals surface area contributed by atoms with Crippen molar-refractivity contribution < 1.29 is 9.21 Å². The molecule has 0 atom stereocenters. The van der Waals surface area contributed by atoms with Gasteiger partial charge in [0.15, 0.2) is 5.89 Å². The van der Waals surface area contributed by atoms with Crippen LogP contribution in [-0.2, 0) is 25.8 Å². The van der Waals surface area contributed by atoms with Crippen LogP contribution in [0.3, 0.4) is 0 Å². The standard InChI is InChI=1S/C21H19N7O2/c29-21(16-6-2-1-5-15(16)20-24-26-27-25-20)28-11-9-18-17(13-28)23-19(30-18)8-7-14-4-3-10-22-12-14/h1-6,10,12H,7-9,11,13H2,(H,24,25,26,27). The minimum atomic E-state index is -0.0824. The van der Waals surface area contributed by atoms with Crippen LogP contribution in [0.15, 0.2) is 53.2 Å². The van der Waals surface area contributed by atoms with Gasteiger partial charge in [0.25, 0.3) is 5.91 Å². The van der Waals surface area contributed by atoms with Crippen LogP contribution in [0.25, 0.3) is 11.4 Å². The summed E-state index contributed by atoms with van der Waals surface area (Å²) in [5.41, 5.74) is 3.17. The molecule has 9 nitrogen and oxygen atoms in total. The molecule has 150 valence electrons. The van der Waals surface area contributed by atoms with E-state index in [4.69, 9.17) is 4.42 Å². The zero-order valence-electron chi connectivity index (χ0n) is 16.2. The third-order valence-corrected chi connectivity index (χ3v) is 5.15. The van der Waals surface area contributed by atoms with Crippen molar-refractivity contribution in [1.82, 2.24) is 35.5 Å². The lowest BCUT2D eigenvalue weighted by molar-refractivity contribution is 0.0728. The largest absolute Gasteiger partial charge is 0.445 e. The summed E-state index contributed by atoms with van der Waals surface area (Å²) in [7, 11) is 0.